The van der Waals surface area contributed by atoms with E-state index in [4.69, 9.17) is 10.5 Å². The minimum absolute atomic E-state index is 0.0807. The molecule has 172 valence electrons. The molecule has 0 spiro atoms. The van der Waals surface area contributed by atoms with Crippen LogP contribution in [0.1, 0.15) is 28.7 Å². The number of amides is 2. The number of aromatic amines is 1. The zero-order chi connectivity index (χ0) is 23.8. The first-order valence-electron chi connectivity index (χ1n) is 10.7. The molecule has 2 aromatic heterocycles. The van der Waals surface area contributed by atoms with Crippen molar-refractivity contribution in [3.05, 3.63) is 89.5 Å². The zero-order valence-corrected chi connectivity index (χ0v) is 17.9. The van der Waals surface area contributed by atoms with Crippen LogP contribution >= 0.6 is 0 Å². The van der Waals surface area contributed by atoms with Crippen LogP contribution in [-0.4, -0.2) is 33.0 Å². The molecule has 0 saturated carbocycles. The number of hydrogen-bond acceptors (Lipinski definition) is 5. The van der Waals surface area contributed by atoms with Crippen molar-refractivity contribution in [1.29, 1.82) is 0 Å². The van der Waals surface area contributed by atoms with E-state index in [1.54, 1.807) is 24.4 Å². The fraction of sp³-hybridized carbons (Fsp3) is 0.160. The molecule has 2 heterocycles. The standard InChI is InChI=1S/C25H21FN4O4/c26-17-11-14(5-6-20(17)34-19-8-10-29-24-16(19)7-9-28-24)21(23(27)32)25(33)30-22-15-4-2-1-3-13(15)12-18(22)31/h1-11,18,21-22,31H,12H2,(H2,27,32)(H,28,29)(H,30,33). The summed E-state index contributed by atoms with van der Waals surface area (Å²) in [5.41, 5.74) is 7.87. The molecule has 1 aliphatic rings. The number of H-pyrrole nitrogens is 1. The van der Waals surface area contributed by atoms with Gasteiger partial charge in [0.1, 0.15) is 17.3 Å². The Morgan fingerprint density at radius 2 is 2.00 bits per heavy atom. The Balaban J connectivity index is 1.39. The van der Waals surface area contributed by atoms with E-state index in [1.807, 2.05) is 18.2 Å². The van der Waals surface area contributed by atoms with Crippen molar-refractivity contribution in [1.82, 2.24) is 15.3 Å². The van der Waals surface area contributed by atoms with Gasteiger partial charge in [0.15, 0.2) is 11.6 Å². The summed E-state index contributed by atoms with van der Waals surface area (Å²) in [6, 6.07) is 13.8. The number of aliphatic hydroxyl groups is 1. The van der Waals surface area contributed by atoms with Crippen molar-refractivity contribution in [3.8, 4) is 11.5 Å². The largest absolute Gasteiger partial charge is 0.453 e. The number of fused-ring (bicyclic) bond motifs is 2. The van der Waals surface area contributed by atoms with Crippen LogP contribution in [0, 0.1) is 5.82 Å². The van der Waals surface area contributed by atoms with Gasteiger partial charge in [-0.2, -0.15) is 0 Å². The summed E-state index contributed by atoms with van der Waals surface area (Å²) in [7, 11) is 0. The van der Waals surface area contributed by atoms with Crippen LogP contribution in [0.3, 0.4) is 0 Å². The van der Waals surface area contributed by atoms with Crippen LogP contribution in [-0.2, 0) is 16.0 Å². The normalized spacial score (nSPS) is 17.8. The van der Waals surface area contributed by atoms with Crippen LogP contribution in [0.5, 0.6) is 11.5 Å². The van der Waals surface area contributed by atoms with Gasteiger partial charge >= 0.3 is 0 Å². The number of nitrogens with two attached hydrogens (primary N) is 1. The number of carbonyl (C=O) groups is 2. The first-order valence-corrected chi connectivity index (χ1v) is 10.7. The van der Waals surface area contributed by atoms with Crippen LogP contribution in [0.25, 0.3) is 11.0 Å². The molecular formula is C25H21FN4O4. The molecule has 0 bridgehead atoms. The maximum Gasteiger partial charge on any atom is 0.237 e. The summed E-state index contributed by atoms with van der Waals surface area (Å²) < 4.78 is 20.7. The second-order valence-corrected chi connectivity index (χ2v) is 8.13. The predicted molar refractivity (Wildman–Crippen MR) is 122 cm³/mol. The number of nitrogens with one attached hydrogen (secondary N) is 2. The second kappa shape index (κ2) is 8.60. The van der Waals surface area contributed by atoms with Crippen LogP contribution < -0.4 is 15.8 Å². The molecular weight excluding hydrogens is 439 g/mol. The van der Waals surface area contributed by atoms with E-state index < -0.39 is 35.7 Å². The lowest BCUT2D eigenvalue weighted by Crippen LogP contribution is -2.41. The van der Waals surface area contributed by atoms with E-state index in [0.29, 0.717) is 23.2 Å². The lowest BCUT2D eigenvalue weighted by molar-refractivity contribution is -0.131. The molecule has 3 atom stereocenters. The van der Waals surface area contributed by atoms with Crippen molar-refractivity contribution in [2.24, 2.45) is 5.73 Å². The third-order valence-corrected chi connectivity index (χ3v) is 5.98. The number of rotatable bonds is 6. The quantitative estimate of drug-likeness (QED) is 0.329. The fourth-order valence-corrected chi connectivity index (χ4v) is 4.35. The fourth-order valence-electron chi connectivity index (χ4n) is 4.35. The Morgan fingerprint density at radius 3 is 2.79 bits per heavy atom. The van der Waals surface area contributed by atoms with Crippen molar-refractivity contribution < 1.29 is 23.8 Å². The van der Waals surface area contributed by atoms with Crippen molar-refractivity contribution in [2.45, 2.75) is 24.5 Å². The van der Waals surface area contributed by atoms with Gasteiger partial charge in [-0.3, -0.25) is 9.59 Å². The number of carbonyl (C=O) groups excluding carboxylic acids is 2. The van der Waals surface area contributed by atoms with E-state index in [9.17, 15) is 19.1 Å². The minimum Gasteiger partial charge on any atom is -0.453 e. The second-order valence-electron chi connectivity index (χ2n) is 8.13. The number of benzene rings is 2. The van der Waals surface area contributed by atoms with Gasteiger partial charge in [0, 0.05) is 18.8 Å². The molecule has 8 nitrogen and oxygen atoms in total. The number of hydrogen-bond donors (Lipinski definition) is 4. The summed E-state index contributed by atoms with van der Waals surface area (Å²) >= 11 is 0. The molecule has 0 fully saturated rings. The average molecular weight is 460 g/mol. The lowest BCUT2D eigenvalue weighted by Gasteiger charge is -2.21. The van der Waals surface area contributed by atoms with Gasteiger partial charge in [-0.1, -0.05) is 30.3 Å². The van der Waals surface area contributed by atoms with Crippen LogP contribution in [0.4, 0.5) is 4.39 Å². The Morgan fingerprint density at radius 1 is 1.18 bits per heavy atom. The summed E-state index contributed by atoms with van der Waals surface area (Å²) in [6.45, 7) is 0. The first-order chi connectivity index (χ1) is 16.4. The van der Waals surface area contributed by atoms with Gasteiger partial charge in [0.2, 0.25) is 11.8 Å². The highest BCUT2D eigenvalue weighted by molar-refractivity contribution is 6.05. The SMILES string of the molecule is NC(=O)C(C(=O)NC1c2ccccc2CC1O)c1ccc(Oc2ccnc3[nH]ccc23)c(F)c1. The number of primary amides is 1. The molecule has 1 aliphatic carbocycles. The topological polar surface area (TPSA) is 130 Å². The number of nitrogens with zero attached hydrogens (tertiary/aromatic N) is 1. The Kier molecular flexibility index (Phi) is 5.46. The zero-order valence-electron chi connectivity index (χ0n) is 17.9. The Bertz CT molecular complexity index is 1400. The molecule has 4 aromatic rings. The number of halogens is 1. The Hall–Kier alpha value is -4.24. The maximum absolute atomic E-state index is 14.9. The maximum atomic E-state index is 14.9. The molecule has 0 radical (unpaired) electrons. The van der Waals surface area contributed by atoms with E-state index in [1.165, 1.54) is 18.3 Å². The summed E-state index contributed by atoms with van der Waals surface area (Å²) in [5.74, 6) is -3.54. The summed E-state index contributed by atoms with van der Waals surface area (Å²) in [6.07, 6.45) is 2.77. The third kappa shape index (κ3) is 3.86. The summed E-state index contributed by atoms with van der Waals surface area (Å²) in [5, 5.41) is 13.8. The molecule has 5 rings (SSSR count). The number of pyridine rings is 1. The van der Waals surface area contributed by atoms with E-state index >= 15 is 0 Å². The highest BCUT2D eigenvalue weighted by Gasteiger charge is 2.35. The van der Waals surface area contributed by atoms with Gasteiger partial charge < -0.3 is 25.9 Å². The molecule has 0 aliphatic heterocycles. The molecule has 0 saturated heterocycles. The van der Waals surface area contributed by atoms with Crippen molar-refractivity contribution in [2.75, 3.05) is 0 Å². The average Bonchev–Trinajstić information content (AvgIpc) is 3.41. The monoisotopic (exact) mass is 460 g/mol. The lowest BCUT2D eigenvalue weighted by atomic mass is 9.96. The highest BCUT2D eigenvalue weighted by Crippen LogP contribution is 2.34. The van der Waals surface area contributed by atoms with E-state index in [0.717, 1.165) is 17.2 Å². The van der Waals surface area contributed by atoms with Crippen molar-refractivity contribution >= 4 is 22.8 Å². The van der Waals surface area contributed by atoms with Gasteiger partial charge in [-0.15, -0.1) is 0 Å². The van der Waals surface area contributed by atoms with E-state index in [-0.39, 0.29) is 11.3 Å². The smallest absolute Gasteiger partial charge is 0.237 e. The van der Waals surface area contributed by atoms with Gasteiger partial charge in [-0.05, 0) is 41.0 Å². The predicted octanol–water partition coefficient (Wildman–Crippen LogP) is 2.84. The minimum atomic E-state index is -1.44. The van der Waals surface area contributed by atoms with E-state index in [2.05, 4.69) is 15.3 Å². The van der Waals surface area contributed by atoms with Gasteiger partial charge in [-0.25, -0.2) is 9.37 Å². The Labute approximate surface area is 193 Å². The van der Waals surface area contributed by atoms with Crippen molar-refractivity contribution in [3.63, 3.8) is 0 Å². The highest BCUT2D eigenvalue weighted by atomic mass is 19.1. The molecule has 9 heteroatoms. The van der Waals surface area contributed by atoms with Gasteiger partial charge in [0.05, 0.1) is 17.5 Å². The molecule has 34 heavy (non-hydrogen) atoms. The number of ether oxygens (including phenoxy) is 1. The molecule has 2 aromatic carbocycles. The van der Waals surface area contributed by atoms with Crippen LogP contribution in [0.15, 0.2) is 67.0 Å². The molecule has 5 N–H and O–H groups in total. The third-order valence-electron chi connectivity index (χ3n) is 5.98. The number of aliphatic hydroxyl groups excluding tert-OH is 1. The first kappa shape index (κ1) is 21.6. The summed E-state index contributed by atoms with van der Waals surface area (Å²) in [4.78, 5) is 32.3. The molecule has 3 unspecified atom stereocenters. The van der Waals surface area contributed by atoms with Crippen LogP contribution in [0.2, 0.25) is 0 Å². The number of aromatic nitrogens is 2. The van der Waals surface area contributed by atoms with Gasteiger partial charge in [0.25, 0.3) is 0 Å². The molecule has 2 amide bonds.